The Kier molecular flexibility index (Phi) is 9.42. The molecule has 0 radical (unpaired) electrons. The Morgan fingerprint density at radius 2 is 1.58 bits per heavy atom. The number of fused-ring (bicyclic) bond motifs is 1. The number of likely N-dealkylation sites (tertiary alicyclic amines) is 1. The Morgan fingerprint density at radius 1 is 0.884 bits per heavy atom. The third-order valence-corrected chi connectivity index (χ3v) is 8.87. The summed E-state index contributed by atoms with van der Waals surface area (Å²) in [7, 11) is 0. The van der Waals surface area contributed by atoms with E-state index in [1.165, 1.54) is 0 Å². The summed E-state index contributed by atoms with van der Waals surface area (Å²) in [5.74, 6) is -0.0628. The van der Waals surface area contributed by atoms with Crippen LogP contribution in [0.3, 0.4) is 0 Å². The highest BCUT2D eigenvalue weighted by Crippen LogP contribution is 2.41. The van der Waals surface area contributed by atoms with Crippen LogP contribution in [0.1, 0.15) is 52.4 Å². The van der Waals surface area contributed by atoms with E-state index < -0.39 is 0 Å². The molecule has 2 amide bonds. The summed E-state index contributed by atoms with van der Waals surface area (Å²) in [4.78, 5) is 30.7. The first-order valence-corrected chi connectivity index (χ1v) is 15.8. The molecule has 2 saturated heterocycles. The van der Waals surface area contributed by atoms with E-state index in [1.807, 2.05) is 35.2 Å². The summed E-state index contributed by atoms with van der Waals surface area (Å²) in [6.45, 7) is 6.66. The van der Waals surface area contributed by atoms with Gasteiger partial charge in [0.15, 0.2) is 0 Å². The van der Waals surface area contributed by atoms with Crippen molar-refractivity contribution in [2.45, 2.75) is 31.7 Å². The molecule has 7 nitrogen and oxygen atoms in total. The van der Waals surface area contributed by atoms with Gasteiger partial charge in [0.25, 0.3) is 5.91 Å². The molecule has 1 aromatic heterocycles. The molecule has 0 bridgehead atoms. The fraction of sp³-hybridized carbons (Fsp3) is 0.371. The first kappa shape index (κ1) is 29.4. The topological polar surface area (TPSA) is 66.8 Å². The van der Waals surface area contributed by atoms with Crippen molar-refractivity contribution in [2.24, 2.45) is 0 Å². The summed E-state index contributed by atoms with van der Waals surface area (Å²) >= 11 is 6.64. The first-order chi connectivity index (χ1) is 21.1. The van der Waals surface area contributed by atoms with Gasteiger partial charge in [-0.3, -0.25) is 14.5 Å². The van der Waals surface area contributed by atoms with Crippen LogP contribution in [-0.4, -0.2) is 78.7 Å². The lowest BCUT2D eigenvalue weighted by Crippen LogP contribution is -2.38. The minimum atomic E-state index is -0.170. The van der Waals surface area contributed by atoms with E-state index in [4.69, 9.17) is 16.3 Å². The number of hydrogen-bond donors (Lipinski definition) is 1. The fourth-order valence-electron chi connectivity index (χ4n) is 6.50. The predicted octanol–water partition coefficient (Wildman–Crippen LogP) is 5.55. The van der Waals surface area contributed by atoms with Crippen LogP contribution in [0.5, 0.6) is 0 Å². The van der Waals surface area contributed by atoms with Crippen LogP contribution in [0.25, 0.3) is 10.9 Å². The molecule has 0 aliphatic carbocycles. The standard InChI is InChI=1S/C35H39ClN4O3/c36-28-14-15-30-29(25-28)33(32(26-9-3-1-4-10-26)27-11-5-2-6-12-27)34(40(30)20-19-38-21-23-43-24-22-38)35(42)37-16-8-18-39-17-7-13-31(39)41/h1-6,9-12,14-15,25,32H,7-8,13,16-24H2,(H,37,42). The van der Waals surface area contributed by atoms with Crippen molar-refractivity contribution in [3.05, 3.63) is 106 Å². The average Bonchev–Trinajstić information content (AvgIpc) is 3.59. The molecule has 0 unspecified atom stereocenters. The van der Waals surface area contributed by atoms with Gasteiger partial charge in [-0.15, -0.1) is 0 Å². The molecule has 3 aromatic carbocycles. The predicted molar refractivity (Wildman–Crippen MR) is 171 cm³/mol. The van der Waals surface area contributed by atoms with Crippen LogP contribution in [-0.2, 0) is 16.1 Å². The maximum Gasteiger partial charge on any atom is 0.268 e. The fourth-order valence-corrected chi connectivity index (χ4v) is 6.67. The third-order valence-electron chi connectivity index (χ3n) is 8.64. The van der Waals surface area contributed by atoms with Crippen molar-refractivity contribution in [3.63, 3.8) is 0 Å². The largest absolute Gasteiger partial charge is 0.379 e. The van der Waals surface area contributed by atoms with Crippen molar-refractivity contribution in [2.75, 3.05) is 52.5 Å². The summed E-state index contributed by atoms with van der Waals surface area (Å²) in [5, 5.41) is 4.85. The molecule has 1 N–H and O–H groups in total. The van der Waals surface area contributed by atoms with Crippen molar-refractivity contribution in [3.8, 4) is 0 Å². The van der Waals surface area contributed by atoms with Crippen LogP contribution in [0, 0.1) is 0 Å². The number of benzene rings is 3. The number of hydrogen-bond acceptors (Lipinski definition) is 4. The van der Waals surface area contributed by atoms with Crippen molar-refractivity contribution < 1.29 is 14.3 Å². The monoisotopic (exact) mass is 598 g/mol. The van der Waals surface area contributed by atoms with Crippen LogP contribution in [0.4, 0.5) is 0 Å². The minimum absolute atomic E-state index is 0.103. The smallest absolute Gasteiger partial charge is 0.268 e. The van der Waals surface area contributed by atoms with Gasteiger partial charge in [-0.1, -0.05) is 72.3 Å². The van der Waals surface area contributed by atoms with E-state index in [2.05, 4.69) is 63.3 Å². The molecule has 4 aromatic rings. The number of nitrogens with zero attached hydrogens (tertiary/aromatic N) is 3. The van der Waals surface area contributed by atoms with Gasteiger partial charge in [-0.05, 0) is 42.2 Å². The zero-order chi connectivity index (χ0) is 29.6. The number of halogens is 1. The van der Waals surface area contributed by atoms with E-state index in [0.29, 0.717) is 43.2 Å². The van der Waals surface area contributed by atoms with Crippen molar-refractivity contribution in [1.82, 2.24) is 19.7 Å². The lowest BCUT2D eigenvalue weighted by molar-refractivity contribution is -0.127. The third kappa shape index (κ3) is 6.64. The Morgan fingerprint density at radius 3 is 2.23 bits per heavy atom. The van der Waals surface area contributed by atoms with Gasteiger partial charge in [0.1, 0.15) is 5.69 Å². The molecule has 2 aliphatic rings. The van der Waals surface area contributed by atoms with Crippen LogP contribution >= 0.6 is 11.6 Å². The molecule has 3 heterocycles. The number of rotatable bonds is 11. The molecule has 2 fully saturated rings. The second kappa shape index (κ2) is 13.8. The number of nitrogens with one attached hydrogen (secondary N) is 1. The number of amides is 2. The van der Waals surface area contributed by atoms with Gasteiger partial charge in [0, 0.05) is 79.6 Å². The second-order valence-electron chi connectivity index (χ2n) is 11.4. The molecule has 2 aliphatic heterocycles. The highest BCUT2D eigenvalue weighted by atomic mass is 35.5. The molecule has 224 valence electrons. The van der Waals surface area contributed by atoms with E-state index >= 15 is 0 Å². The Bertz CT molecular complexity index is 1510. The molecular formula is C35H39ClN4O3. The minimum Gasteiger partial charge on any atom is -0.379 e. The first-order valence-electron chi connectivity index (χ1n) is 15.4. The lowest BCUT2D eigenvalue weighted by atomic mass is 9.83. The maximum atomic E-state index is 14.3. The number of carbonyl (C=O) groups is 2. The highest BCUT2D eigenvalue weighted by Gasteiger charge is 2.30. The lowest BCUT2D eigenvalue weighted by Gasteiger charge is -2.27. The Balaban J connectivity index is 1.43. The summed E-state index contributed by atoms with van der Waals surface area (Å²) in [6.07, 6.45) is 2.26. The van der Waals surface area contributed by atoms with Gasteiger partial charge >= 0.3 is 0 Å². The van der Waals surface area contributed by atoms with Gasteiger partial charge in [0.2, 0.25) is 5.91 Å². The van der Waals surface area contributed by atoms with Gasteiger partial charge in [-0.2, -0.15) is 0 Å². The van der Waals surface area contributed by atoms with E-state index in [1.54, 1.807) is 0 Å². The Labute approximate surface area is 258 Å². The average molecular weight is 599 g/mol. The molecule has 0 spiro atoms. The van der Waals surface area contributed by atoms with Crippen LogP contribution < -0.4 is 5.32 Å². The SMILES string of the molecule is O=C(NCCCN1CCCC1=O)c1c(C(c2ccccc2)c2ccccc2)c2cc(Cl)ccc2n1CCN1CCOCC1. The number of carbonyl (C=O) groups excluding carboxylic acids is 2. The van der Waals surface area contributed by atoms with E-state index in [-0.39, 0.29) is 17.7 Å². The molecule has 43 heavy (non-hydrogen) atoms. The van der Waals surface area contributed by atoms with E-state index in [9.17, 15) is 9.59 Å². The normalized spacial score (nSPS) is 16.0. The highest BCUT2D eigenvalue weighted by molar-refractivity contribution is 6.31. The molecular weight excluding hydrogens is 560 g/mol. The quantitative estimate of drug-likeness (QED) is 0.230. The zero-order valence-corrected chi connectivity index (χ0v) is 25.3. The summed E-state index contributed by atoms with van der Waals surface area (Å²) < 4.78 is 7.77. The maximum absolute atomic E-state index is 14.3. The van der Waals surface area contributed by atoms with Gasteiger partial charge in [0.05, 0.1) is 13.2 Å². The summed E-state index contributed by atoms with van der Waals surface area (Å²) in [6, 6.07) is 26.7. The van der Waals surface area contributed by atoms with Crippen LogP contribution in [0.15, 0.2) is 78.9 Å². The molecule has 8 heteroatoms. The zero-order valence-electron chi connectivity index (χ0n) is 24.5. The van der Waals surface area contributed by atoms with Crippen molar-refractivity contribution >= 4 is 34.3 Å². The number of aromatic nitrogens is 1. The molecule has 0 atom stereocenters. The summed E-state index contributed by atoms with van der Waals surface area (Å²) in [5.41, 5.74) is 4.85. The van der Waals surface area contributed by atoms with Gasteiger partial charge in [-0.25, -0.2) is 0 Å². The van der Waals surface area contributed by atoms with Gasteiger partial charge < -0.3 is 19.5 Å². The molecule has 0 saturated carbocycles. The number of ether oxygens (including phenoxy) is 1. The van der Waals surface area contributed by atoms with E-state index in [0.717, 1.165) is 73.4 Å². The Hall–Kier alpha value is -3.65. The van der Waals surface area contributed by atoms with Crippen molar-refractivity contribution in [1.29, 1.82) is 0 Å². The second-order valence-corrected chi connectivity index (χ2v) is 11.8. The molecule has 6 rings (SSSR count). The number of morpholine rings is 1. The van der Waals surface area contributed by atoms with Crippen LogP contribution in [0.2, 0.25) is 5.02 Å².